The van der Waals surface area contributed by atoms with Gasteiger partial charge in [0.25, 0.3) is 0 Å². The average Bonchev–Trinajstić information content (AvgIpc) is 3.05. The number of aromatic nitrogens is 1. The van der Waals surface area contributed by atoms with Crippen LogP contribution >= 0.6 is 11.3 Å². The van der Waals surface area contributed by atoms with Gasteiger partial charge in [-0.15, -0.1) is 11.3 Å². The van der Waals surface area contributed by atoms with Crippen molar-refractivity contribution in [1.82, 2.24) is 10.3 Å². The van der Waals surface area contributed by atoms with E-state index in [0.717, 1.165) is 17.2 Å². The van der Waals surface area contributed by atoms with Gasteiger partial charge in [-0.3, -0.25) is 0 Å². The standard InChI is InChI=1S/C21H24N2S/c1-15(2)20(17-7-5-4-6-8-17)22-13-19-14-24-21(23-19)18-11-9-16(3)10-12-18/h4-12,14-15,20,22H,13H2,1-3H3. The number of hydrogen-bond donors (Lipinski definition) is 1. The maximum atomic E-state index is 4.79. The molecular formula is C21H24N2S. The number of nitrogens with one attached hydrogen (secondary N) is 1. The second-order valence-electron chi connectivity index (χ2n) is 6.52. The largest absolute Gasteiger partial charge is 0.304 e. The molecule has 0 spiro atoms. The molecule has 2 nitrogen and oxygen atoms in total. The number of thiazole rings is 1. The summed E-state index contributed by atoms with van der Waals surface area (Å²) in [6.07, 6.45) is 0. The highest BCUT2D eigenvalue weighted by molar-refractivity contribution is 7.13. The summed E-state index contributed by atoms with van der Waals surface area (Å²) in [6, 6.07) is 19.6. The van der Waals surface area contributed by atoms with Crippen LogP contribution in [0.25, 0.3) is 10.6 Å². The fourth-order valence-electron chi connectivity index (χ4n) is 2.83. The molecule has 24 heavy (non-hydrogen) atoms. The van der Waals surface area contributed by atoms with Crippen molar-refractivity contribution < 1.29 is 0 Å². The van der Waals surface area contributed by atoms with E-state index in [0.29, 0.717) is 12.0 Å². The van der Waals surface area contributed by atoms with Gasteiger partial charge in [0.05, 0.1) is 5.69 Å². The molecule has 1 unspecified atom stereocenters. The molecule has 1 N–H and O–H groups in total. The monoisotopic (exact) mass is 336 g/mol. The van der Waals surface area contributed by atoms with Crippen molar-refractivity contribution >= 4 is 11.3 Å². The van der Waals surface area contributed by atoms with Gasteiger partial charge < -0.3 is 5.32 Å². The van der Waals surface area contributed by atoms with Gasteiger partial charge >= 0.3 is 0 Å². The maximum Gasteiger partial charge on any atom is 0.123 e. The first kappa shape index (κ1) is 16.9. The van der Waals surface area contributed by atoms with Crippen molar-refractivity contribution in [3.8, 4) is 10.6 Å². The van der Waals surface area contributed by atoms with Gasteiger partial charge in [-0.1, -0.05) is 74.0 Å². The molecule has 0 saturated heterocycles. The summed E-state index contributed by atoms with van der Waals surface area (Å²) < 4.78 is 0. The third-order valence-corrected chi connectivity index (χ3v) is 5.12. The molecule has 3 heteroatoms. The van der Waals surface area contributed by atoms with Gasteiger partial charge in [0.15, 0.2) is 0 Å². The van der Waals surface area contributed by atoms with E-state index in [1.807, 2.05) is 0 Å². The van der Waals surface area contributed by atoms with Gasteiger partial charge in [0.2, 0.25) is 0 Å². The van der Waals surface area contributed by atoms with E-state index < -0.39 is 0 Å². The van der Waals surface area contributed by atoms with Crippen LogP contribution in [-0.2, 0) is 6.54 Å². The SMILES string of the molecule is Cc1ccc(-c2nc(CNC(c3ccccc3)C(C)C)cs2)cc1. The van der Waals surface area contributed by atoms with Crippen LogP contribution in [0.4, 0.5) is 0 Å². The molecule has 0 amide bonds. The zero-order valence-corrected chi connectivity index (χ0v) is 15.3. The lowest BCUT2D eigenvalue weighted by Gasteiger charge is -2.22. The summed E-state index contributed by atoms with van der Waals surface area (Å²) in [5.41, 5.74) is 4.92. The van der Waals surface area contributed by atoms with Crippen LogP contribution in [-0.4, -0.2) is 4.98 Å². The molecule has 0 bridgehead atoms. The van der Waals surface area contributed by atoms with Crippen LogP contribution < -0.4 is 5.32 Å². The molecule has 1 aromatic heterocycles. The second kappa shape index (κ2) is 7.73. The van der Waals surface area contributed by atoms with Crippen molar-refractivity contribution in [1.29, 1.82) is 0 Å². The van der Waals surface area contributed by atoms with E-state index in [1.54, 1.807) is 11.3 Å². The molecule has 0 saturated carbocycles. The third-order valence-electron chi connectivity index (χ3n) is 4.18. The predicted molar refractivity (Wildman–Crippen MR) is 103 cm³/mol. The molecule has 0 fully saturated rings. The van der Waals surface area contributed by atoms with E-state index in [2.05, 4.69) is 86.1 Å². The fourth-order valence-corrected chi connectivity index (χ4v) is 3.66. The normalized spacial score (nSPS) is 12.5. The van der Waals surface area contributed by atoms with Crippen molar-refractivity contribution in [2.75, 3.05) is 0 Å². The number of rotatable bonds is 6. The minimum absolute atomic E-state index is 0.343. The number of hydrogen-bond acceptors (Lipinski definition) is 3. The van der Waals surface area contributed by atoms with Crippen LogP contribution in [0.15, 0.2) is 60.0 Å². The first-order valence-electron chi connectivity index (χ1n) is 8.43. The topological polar surface area (TPSA) is 24.9 Å². The lowest BCUT2D eigenvalue weighted by molar-refractivity contribution is 0.409. The van der Waals surface area contributed by atoms with Gasteiger partial charge in [0, 0.05) is 23.5 Å². The average molecular weight is 337 g/mol. The van der Waals surface area contributed by atoms with Crippen molar-refractivity contribution in [3.63, 3.8) is 0 Å². The Hall–Kier alpha value is -1.97. The molecule has 3 rings (SSSR count). The molecule has 2 aromatic carbocycles. The molecule has 1 heterocycles. The summed E-state index contributed by atoms with van der Waals surface area (Å²) in [4.78, 5) is 4.79. The Kier molecular flexibility index (Phi) is 5.44. The zero-order valence-electron chi connectivity index (χ0n) is 14.5. The summed E-state index contributed by atoms with van der Waals surface area (Å²) in [5, 5.41) is 6.92. The Bertz CT molecular complexity index is 760. The molecule has 0 aliphatic rings. The smallest absolute Gasteiger partial charge is 0.123 e. The Morgan fingerprint density at radius 3 is 2.38 bits per heavy atom. The molecule has 3 aromatic rings. The van der Waals surface area contributed by atoms with Crippen LogP contribution in [0, 0.1) is 12.8 Å². The van der Waals surface area contributed by atoms with E-state index >= 15 is 0 Å². The summed E-state index contributed by atoms with van der Waals surface area (Å²) in [5.74, 6) is 0.530. The zero-order chi connectivity index (χ0) is 16.9. The van der Waals surface area contributed by atoms with Gasteiger partial charge in [-0.25, -0.2) is 4.98 Å². The Labute approximate surface area is 148 Å². The summed E-state index contributed by atoms with van der Waals surface area (Å²) >= 11 is 1.71. The highest BCUT2D eigenvalue weighted by Crippen LogP contribution is 2.25. The van der Waals surface area contributed by atoms with Gasteiger partial charge in [0.1, 0.15) is 5.01 Å². The third kappa shape index (κ3) is 4.11. The number of aryl methyl sites for hydroxylation is 1. The highest BCUT2D eigenvalue weighted by Gasteiger charge is 2.15. The number of benzene rings is 2. The summed E-state index contributed by atoms with van der Waals surface area (Å²) in [6.45, 7) is 7.41. The van der Waals surface area contributed by atoms with Crippen LogP contribution in [0.5, 0.6) is 0 Å². The fraction of sp³-hybridized carbons (Fsp3) is 0.286. The van der Waals surface area contributed by atoms with Crippen LogP contribution in [0.1, 0.15) is 36.7 Å². The Balaban J connectivity index is 1.69. The van der Waals surface area contributed by atoms with Gasteiger partial charge in [-0.2, -0.15) is 0 Å². The van der Waals surface area contributed by atoms with Crippen molar-refractivity contribution in [2.45, 2.75) is 33.4 Å². The van der Waals surface area contributed by atoms with Crippen LogP contribution in [0.2, 0.25) is 0 Å². The van der Waals surface area contributed by atoms with E-state index in [4.69, 9.17) is 4.98 Å². The Morgan fingerprint density at radius 1 is 1.00 bits per heavy atom. The molecule has 1 atom stereocenters. The second-order valence-corrected chi connectivity index (χ2v) is 7.38. The van der Waals surface area contributed by atoms with E-state index in [-0.39, 0.29) is 0 Å². The first-order chi connectivity index (χ1) is 11.6. The quantitative estimate of drug-likeness (QED) is 0.633. The van der Waals surface area contributed by atoms with Crippen molar-refractivity contribution in [2.24, 2.45) is 5.92 Å². The molecule has 0 aliphatic carbocycles. The molecule has 0 radical (unpaired) electrons. The molecular weight excluding hydrogens is 312 g/mol. The Morgan fingerprint density at radius 2 is 1.71 bits per heavy atom. The lowest BCUT2D eigenvalue weighted by Crippen LogP contribution is -2.25. The predicted octanol–water partition coefficient (Wildman–Crippen LogP) is 5.61. The summed E-state index contributed by atoms with van der Waals surface area (Å²) in [7, 11) is 0. The van der Waals surface area contributed by atoms with E-state index in [9.17, 15) is 0 Å². The minimum Gasteiger partial charge on any atom is -0.304 e. The minimum atomic E-state index is 0.343. The van der Waals surface area contributed by atoms with Crippen molar-refractivity contribution in [3.05, 3.63) is 76.8 Å². The first-order valence-corrected chi connectivity index (χ1v) is 9.31. The van der Waals surface area contributed by atoms with E-state index in [1.165, 1.54) is 16.7 Å². The lowest BCUT2D eigenvalue weighted by atomic mass is 9.96. The maximum absolute atomic E-state index is 4.79. The van der Waals surface area contributed by atoms with Crippen LogP contribution in [0.3, 0.4) is 0 Å². The molecule has 124 valence electrons. The number of nitrogens with zero attached hydrogens (tertiary/aromatic N) is 1. The van der Waals surface area contributed by atoms with Gasteiger partial charge in [-0.05, 0) is 18.4 Å². The highest BCUT2D eigenvalue weighted by atomic mass is 32.1. The molecule has 0 aliphatic heterocycles.